The van der Waals surface area contributed by atoms with Crippen molar-refractivity contribution in [3.8, 4) is 0 Å². The van der Waals surface area contributed by atoms with Crippen LogP contribution in [0.2, 0.25) is 0 Å². The van der Waals surface area contributed by atoms with Gasteiger partial charge < -0.3 is 10.2 Å². The van der Waals surface area contributed by atoms with Crippen molar-refractivity contribution in [2.45, 2.75) is 4.90 Å². The van der Waals surface area contributed by atoms with E-state index >= 15 is 0 Å². The van der Waals surface area contributed by atoms with E-state index in [0.29, 0.717) is 0 Å². The molecule has 0 bridgehead atoms. The number of nitrogens with zero attached hydrogens (tertiary/aromatic N) is 3. The van der Waals surface area contributed by atoms with Crippen molar-refractivity contribution in [2.24, 2.45) is 0 Å². The maximum Gasteiger partial charge on any atom is 0.293 e. The highest BCUT2D eigenvalue weighted by molar-refractivity contribution is 7.89. The fourth-order valence-corrected chi connectivity index (χ4v) is 4.57. The van der Waals surface area contributed by atoms with Crippen LogP contribution in [0.4, 0.5) is 15.8 Å². The van der Waals surface area contributed by atoms with Gasteiger partial charge in [0.25, 0.3) is 11.6 Å². The Morgan fingerprint density at radius 2 is 1.83 bits per heavy atom. The van der Waals surface area contributed by atoms with E-state index in [1.54, 1.807) is 7.05 Å². The molecule has 3 rings (SSSR count). The van der Waals surface area contributed by atoms with Crippen LogP contribution < -0.4 is 5.32 Å². The summed E-state index contributed by atoms with van der Waals surface area (Å²) in [7, 11) is -2.32. The van der Waals surface area contributed by atoms with Crippen molar-refractivity contribution < 1.29 is 22.5 Å². The Kier molecular flexibility index (Phi) is 5.80. The topological polar surface area (TPSA) is 113 Å². The smallest absolute Gasteiger partial charge is 0.293 e. The van der Waals surface area contributed by atoms with Gasteiger partial charge in [0.15, 0.2) is 0 Å². The molecule has 1 aliphatic heterocycles. The number of carbonyl (C=O) groups is 1. The summed E-state index contributed by atoms with van der Waals surface area (Å²) in [6.07, 6.45) is 0. The van der Waals surface area contributed by atoms with Crippen LogP contribution in [0.25, 0.3) is 0 Å². The highest BCUT2D eigenvalue weighted by atomic mass is 32.2. The van der Waals surface area contributed by atoms with Crippen LogP contribution >= 0.6 is 0 Å². The Hall–Kier alpha value is -3.05. The van der Waals surface area contributed by atoms with Gasteiger partial charge in [-0.05, 0) is 30.3 Å². The van der Waals surface area contributed by atoms with Crippen LogP contribution in [0.1, 0.15) is 10.4 Å². The summed E-state index contributed by atoms with van der Waals surface area (Å²) in [4.78, 5) is 24.6. The van der Waals surface area contributed by atoms with E-state index in [-0.39, 0.29) is 48.0 Å². The lowest BCUT2D eigenvalue weighted by molar-refractivity contribution is -0.384. The number of hydrogen-bond acceptors (Lipinski definition) is 6. The van der Waals surface area contributed by atoms with Gasteiger partial charge in [0.1, 0.15) is 11.5 Å². The lowest BCUT2D eigenvalue weighted by Gasteiger charge is -2.34. The number of sulfonamides is 1. The molecule has 0 aliphatic carbocycles. The second-order valence-electron chi connectivity index (χ2n) is 6.39. The largest absolute Gasteiger partial charge is 0.383 e. The molecule has 1 amide bonds. The predicted octanol–water partition coefficient (Wildman–Crippen LogP) is 1.92. The van der Waals surface area contributed by atoms with Gasteiger partial charge in [0.05, 0.1) is 9.82 Å². The summed E-state index contributed by atoms with van der Waals surface area (Å²) in [6.45, 7) is 0.326. The Balaban J connectivity index is 1.73. The maximum absolute atomic E-state index is 13.4. The second-order valence-corrected chi connectivity index (χ2v) is 8.33. The number of rotatable bonds is 5. The molecule has 0 aromatic heterocycles. The molecule has 0 saturated carbocycles. The number of amides is 1. The molecule has 1 fully saturated rings. The van der Waals surface area contributed by atoms with Crippen molar-refractivity contribution in [3.63, 3.8) is 0 Å². The molecule has 2 aromatic rings. The van der Waals surface area contributed by atoms with Crippen LogP contribution in [0.3, 0.4) is 0 Å². The Morgan fingerprint density at radius 1 is 1.14 bits per heavy atom. The molecule has 29 heavy (non-hydrogen) atoms. The first kappa shape index (κ1) is 20.7. The average molecular weight is 422 g/mol. The van der Waals surface area contributed by atoms with Crippen LogP contribution in [0, 0.1) is 15.9 Å². The van der Waals surface area contributed by atoms with Gasteiger partial charge >= 0.3 is 0 Å². The number of piperazine rings is 1. The van der Waals surface area contributed by atoms with E-state index in [4.69, 9.17) is 0 Å². The summed E-state index contributed by atoms with van der Waals surface area (Å²) in [5.74, 6) is -1.06. The number of nitro benzene ring substituents is 1. The summed E-state index contributed by atoms with van der Waals surface area (Å²) in [6, 6.07) is 8.89. The fourth-order valence-electron chi connectivity index (χ4n) is 3.12. The van der Waals surface area contributed by atoms with Crippen molar-refractivity contribution >= 4 is 27.3 Å². The monoisotopic (exact) mass is 422 g/mol. The quantitative estimate of drug-likeness (QED) is 0.582. The minimum absolute atomic E-state index is 0.0429. The van der Waals surface area contributed by atoms with Gasteiger partial charge in [0, 0.05) is 44.9 Å². The third kappa shape index (κ3) is 4.20. The Labute approximate surface area is 166 Å². The number of anilines is 1. The van der Waals surface area contributed by atoms with E-state index in [1.165, 1.54) is 39.5 Å². The number of halogens is 1. The molecule has 2 aromatic carbocycles. The molecule has 0 spiro atoms. The molecule has 0 atom stereocenters. The van der Waals surface area contributed by atoms with Crippen molar-refractivity contribution in [1.82, 2.24) is 9.21 Å². The SMILES string of the molecule is CNc1ccc(C(=O)N2CCN(S(=O)(=O)c3cccc(F)c3)CC2)cc1[N+](=O)[O-]. The van der Waals surface area contributed by atoms with E-state index in [0.717, 1.165) is 12.1 Å². The molecule has 1 saturated heterocycles. The normalized spacial score (nSPS) is 15.2. The first-order valence-electron chi connectivity index (χ1n) is 8.75. The standard InChI is InChI=1S/C18H19FN4O5S/c1-20-16-6-5-13(11-17(16)23(25)26)18(24)21-7-9-22(10-8-21)29(27,28)15-4-2-3-14(19)12-15/h2-6,11-12,20H,7-10H2,1H3. The van der Waals surface area contributed by atoms with Gasteiger partial charge in [-0.1, -0.05) is 6.07 Å². The third-order valence-electron chi connectivity index (χ3n) is 4.67. The molecular formula is C18H19FN4O5S. The van der Waals surface area contributed by atoms with Gasteiger partial charge in [-0.3, -0.25) is 14.9 Å². The zero-order valence-corrected chi connectivity index (χ0v) is 16.4. The molecule has 0 radical (unpaired) electrons. The van der Waals surface area contributed by atoms with Crippen LogP contribution in [0.5, 0.6) is 0 Å². The fraction of sp³-hybridized carbons (Fsp3) is 0.278. The number of carbonyl (C=O) groups excluding carboxylic acids is 1. The minimum Gasteiger partial charge on any atom is -0.383 e. The Morgan fingerprint density at radius 3 is 2.41 bits per heavy atom. The van der Waals surface area contributed by atoms with Crippen molar-refractivity contribution in [3.05, 3.63) is 64.0 Å². The molecule has 1 N–H and O–H groups in total. The van der Waals surface area contributed by atoms with Gasteiger partial charge in [-0.25, -0.2) is 12.8 Å². The summed E-state index contributed by atoms with van der Waals surface area (Å²) in [5.41, 5.74) is 0.223. The molecule has 1 aliphatic rings. The second kappa shape index (κ2) is 8.13. The lowest BCUT2D eigenvalue weighted by Crippen LogP contribution is -2.50. The minimum atomic E-state index is -3.87. The van der Waals surface area contributed by atoms with Crippen LogP contribution in [-0.4, -0.2) is 61.7 Å². The predicted molar refractivity (Wildman–Crippen MR) is 104 cm³/mol. The van der Waals surface area contributed by atoms with Gasteiger partial charge in [-0.15, -0.1) is 0 Å². The maximum atomic E-state index is 13.4. The van der Waals surface area contributed by atoms with Crippen LogP contribution in [0.15, 0.2) is 47.4 Å². The van der Waals surface area contributed by atoms with E-state index in [2.05, 4.69) is 5.32 Å². The highest BCUT2D eigenvalue weighted by Gasteiger charge is 2.31. The Bertz CT molecular complexity index is 1050. The number of nitrogens with one attached hydrogen (secondary N) is 1. The summed E-state index contributed by atoms with van der Waals surface area (Å²) < 4.78 is 39.9. The highest BCUT2D eigenvalue weighted by Crippen LogP contribution is 2.26. The molecule has 11 heteroatoms. The summed E-state index contributed by atoms with van der Waals surface area (Å²) >= 11 is 0. The van der Waals surface area contributed by atoms with Gasteiger partial charge in [0.2, 0.25) is 10.0 Å². The third-order valence-corrected chi connectivity index (χ3v) is 6.57. The molecule has 9 nitrogen and oxygen atoms in total. The van der Waals surface area contributed by atoms with Gasteiger partial charge in [-0.2, -0.15) is 4.31 Å². The first-order chi connectivity index (χ1) is 13.7. The van der Waals surface area contributed by atoms with Crippen molar-refractivity contribution in [2.75, 3.05) is 38.5 Å². The number of benzene rings is 2. The average Bonchev–Trinajstić information content (AvgIpc) is 2.72. The zero-order valence-electron chi connectivity index (χ0n) is 15.5. The van der Waals surface area contributed by atoms with Crippen LogP contribution in [-0.2, 0) is 10.0 Å². The lowest BCUT2D eigenvalue weighted by atomic mass is 10.1. The molecule has 0 unspecified atom stereocenters. The van der Waals surface area contributed by atoms with Crippen molar-refractivity contribution in [1.29, 1.82) is 0 Å². The summed E-state index contributed by atoms with van der Waals surface area (Å²) in [5, 5.41) is 13.9. The molecule has 154 valence electrons. The first-order valence-corrected chi connectivity index (χ1v) is 10.2. The van der Waals surface area contributed by atoms with E-state index in [9.17, 15) is 27.7 Å². The molecule has 1 heterocycles. The van der Waals surface area contributed by atoms with E-state index in [1.807, 2.05) is 0 Å². The number of nitro groups is 1. The molecular weight excluding hydrogens is 403 g/mol. The number of hydrogen-bond donors (Lipinski definition) is 1. The zero-order chi connectivity index (χ0) is 21.2. The van der Waals surface area contributed by atoms with E-state index < -0.39 is 26.7 Å².